The van der Waals surface area contributed by atoms with Crippen molar-refractivity contribution < 1.29 is 0 Å². The van der Waals surface area contributed by atoms with Gasteiger partial charge in [-0.15, -0.1) is 0 Å². The highest BCUT2D eigenvalue weighted by atomic mass is 33.5. The van der Waals surface area contributed by atoms with Gasteiger partial charge in [-0.2, -0.15) is 0 Å². The second-order valence-electron chi connectivity index (χ2n) is 4.18. The van der Waals surface area contributed by atoms with Crippen molar-refractivity contribution in [1.82, 2.24) is 0 Å². The molecule has 0 nitrogen and oxygen atoms in total. The van der Waals surface area contributed by atoms with Crippen LogP contribution in [0.5, 0.6) is 0 Å². The zero-order valence-electron chi connectivity index (χ0n) is 9.88. The smallest absolute Gasteiger partial charge is 0.0293 e. The van der Waals surface area contributed by atoms with Gasteiger partial charge in [-0.05, 0) is 40.6 Å². The largest absolute Gasteiger partial charge is 0.0839 e. The maximum atomic E-state index is 2.37. The summed E-state index contributed by atoms with van der Waals surface area (Å²) in [6, 6.07) is 0. The normalized spacial score (nSPS) is 22.8. The second kappa shape index (κ2) is 8.17. The maximum absolute atomic E-state index is 2.37. The van der Waals surface area contributed by atoms with E-state index >= 15 is 0 Å². The average Bonchev–Trinajstić information content (AvgIpc) is 2.41. The summed E-state index contributed by atoms with van der Waals surface area (Å²) in [5.74, 6) is 3.12. The van der Waals surface area contributed by atoms with Crippen molar-refractivity contribution >= 4 is 31.4 Å². The summed E-state index contributed by atoms with van der Waals surface area (Å²) in [6.45, 7) is 0. The fraction of sp³-hybridized carbons (Fsp3) is 0.429. The number of hydrogen-bond acceptors (Lipinski definition) is 3. The van der Waals surface area contributed by atoms with Gasteiger partial charge in [-0.1, -0.05) is 64.1 Å². The fourth-order valence-corrected chi connectivity index (χ4v) is 5.71. The van der Waals surface area contributed by atoms with Gasteiger partial charge in [0.25, 0.3) is 0 Å². The highest BCUT2D eigenvalue weighted by Crippen LogP contribution is 2.38. The quantitative estimate of drug-likeness (QED) is 0.471. The zero-order chi connectivity index (χ0) is 11.8. The molecule has 1 unspecified atom stereocenters. The lowest BCUT2D eigenvalue weighted by Gasteiger charge is -2.11. The van der Waals surface area contributed by atoms with E-state index in [1.807, 2.05) is 31.4 Å². The summed E-state index contributed by atoms with van der Waals surface area (Å²) in [7, 11) is 5.90. The van der Waals surface area contributed by atoms with Crippen molar-refractivity contribution in [2.75, 3.05) is 11.5 Å². The predicted octanol–water partition coefficient (Wildman–Crippen LogP) is 5.42. The standard InChI is InChI=1S/C14H18S3/c1-3-7-13(8-4-1)11-15-17-16-12-14-9-5-2-6-10-14/h1,3-5,7,9-10,13H,2,6,8,11-12H2. The van der Waals surface area contributed by atoms with Crippen LogP contribution in [-0.4, -0.2) is 11.5 Å². The van der Waals surface area contributed by atoms with Crippen LogP contribution in [0.15, 0.2) is 48.1 Å². The SMILES string of the molecule is C1=CCC(CSSSCC2=CCCC=C2)C=C1. The van der Waals surface area contributed by atoms with Crippen LogP contribution in [0.25, 0.3) is 0 Å². The lowest BCUT2D eigenvalue weighted by atomic mass is 10.0. The molecule has 3 heteroatoms. The van der Waals surface area contributed by atoms with Crippen LogP contribution in [0.4, 0.5) is 0 Å². The molecule has 2 rings (SSSR count). The first-order valence-corrected chi connectivity index (χ1v) is 9.87. The minimum atomic E-state index is 0.742. The van der Waals surface area contributed by atoms with E-state index in [1.54, 1.807) is 0 Å². The van der Waals surface area contributed by atoms with Crippen molar-refractivity contribution in [2.45, 2.75) is 19.3 Å². The monoisotopic (exact) mass is 282 g/mol. The third kappa shape index (κ3) is 5.45. The van der Waals surface area contributed by atoms with Gasteiger partial charge in [0, 0.05) is 11.5 Å². The molecule has 0 fully saturated rings. The molecule has 0 saturated heterocycles. The fourth-order valence-electron chi connectivity index (χ4n) is 1.77. The molecule has 17 heavy (non-hydrogen) atoms. The summed E-state index contributed by atoms with van der Waals surface area (Å²) in [5, 5.41) is 0. The van der Waals surface area contributed by atoms with Crippen molar-refractivity contribution in [3.63, 3.8) is 0 Å². The van der Waals surface area contributed by atoms with E-state index in [1.165, 1.54) is 30.6 Å². The molecular formula is C14H18S3. The van der Waals surface area contributed by atoms with Gasteiger partial charge >= 0.3 is 0 Å². The third-order valence-corrected chi connectivity index (χ3v) is 7.02. The number of allylic oxidation sites excluding steroid dienone is 7. The van der Waals surface area contributed by atoms with E-state index in [2.05, 4.69) is 42.5 Å². The van der Waals surface area contributed by atoms with Gasteiger partial charge in [-0.25, -0.2) is 0 Å². The van der Waals surface area contributed by atoms with Crippen molar-refractivity contribution in [1.29, 1.82) is 0 Å². The van der Waals surface area contributed by atoms with Crippen LogP contribution in [0.2, 0.25) is 0 Å². The van der Waals surface area contributed by atoms with Crippen LogP contribution in [0.1, 0.15) is 19.3 Å². The Labute approximate surface area is 116 Å². The highest BCUT2D eigenvalue weighted by Gasteiger charge is 2.05. The molecule has 2 aliphatic carbocycles. The average molecular weight is 282 g/mol. The Hall–Kier alpha value is 0.01000. The summed E-state index contributed by atoms with van der Waals surface area (Å²) < 4.78 is 0. The zero-order valence-corrected chi connectivity index (χ0v) is 12.3. The summed E-state index contributed by atoms with van der Waals surface area (Å²) >= 11 is 0. The Balaban J connectivity index is 1.51. The minimum Gasteiger partial charge on any atom is -0.0839 e. The molecule has 0 N–H and O–H groups in total. The van der Waals surface area contributed by atoms with Gasteiger partial charge in [0.15, 0.2) is 0 Å². The summed E-state index contributed by atoms with van der Waals surface area (Å²) in [5.41, 5.74) is 1.50. The van der Waals surface area contributed by atoms with Gasteiger partial charge in [0.05, 0.1) is 0 Å². The highest BCUT2D eigenvalue weighted by molar-refractivity contribution is 9.09. The lowest BCUT2D eigenvalue weighted by molar-refractivity contribution is 0.751. The molecule has 0 aromatic carbocycles. The first-order chi connectivity index (χ1) is 8.45. The number of hydrogen-bond donors (Lipinski definition) is 0. The van der Waals surface area contributed by atoms with Crippen molar-refractivity contribution in [3.05, 3.63) is 48.1 Å². The Morgan fingerprint density at radius 1 is 1.12 bits per heavy atom. The molecule has 0 saturated carbocycles. The van der Waals surface area contributed by atoms with Crippen LogP contribution >= 0.6 is 31.4 Å². The maximum Gasteiger partial charge on any atom is 0.0293 e. The Morgan fingerprint density at radius 2 is 2.12 bits per heavy atom. The van der Waals surface area contributed by atoms with Crippen LogP contribution in [0.3, 0.4) is 0 Å². The first-order valence-electron chi connectivity index (χ1n) is 6.05. The molecule has 0 heterocycles. The molecular weight excluding hydrogens is 264 g/mol. The lowest BCUT2D eigenvalue weighted by Crippen LogP contribution is -1.99. The Bertz CT molecular complexity index is 339. The predicted molar refractivity (Wildman–Crippen MR) is 85.4 cm³/mol. The van der Waals surface area contributed by atoms with E-state index in [4.69, 9.17) is 0 Å². The van der Waals surface area contributed by atoms with Crippen LogP contribution in [-0.2, 0) is 0 Å². The molecule has 0 radical (unpaired) electrons. The van der Waals surface area contributed by atoms with E-state index < -0.39 is 0 Å². The van der Waals surface area contributed by atoms with Crippen molar-refractivity contribution in [2.24, 2.45) is 5.92 Å². The third-order valence-electron chi connectivity index (χ3n) is 2.75. The van der Waals surface area contributed by atoms with Crippen LogP contribution in [0, 0.1) is 5.92 Å². The molecule has 0 aliphatic heterocycles. The van der Waals surface area contributed by atoms with E-state index in [0.717, 1.165) is 11.7 Å². The molecule has 1 atom stereocenters. The van der Waals surface area contributed by atoms with E-state index in [0.29, 0.717) is 0 Å². The molecule has 2 aliphatic rings. The molecule has 92 valence electrons. The molecule has 0 amide bonds. The summed E-state index contributed by atoms with van der Waals surface area (Å²) in [6.07, 6.45) is 19.5. The number of rotatable bonds is 6. The Kier molecular flexibility index (Phi) is 6.46. The van der Waals surface area contributed by atoms with E-state index in [-0.39, 0.29) is 0 Å². The van der Waals surface area contributed by atoms with Gasteiger partial charge < -0.3 is 0 Å². The van der Waals surface area contributed by atoms with Gasteiger partial charge in [0.2, 0.25) is 0 Å². The first kappa shape index (κ1) is 13.4. The second-order valence-corrected chi connectivity index (χ2v) is 8.46. The van der Waals surface area contributed by atoms with E-state index in [9.17, 15) is 0 Å². The molecule has 0 aromatic heterocycles. The van der Waals surface area contributed by atoms with Crippen LogP contribution < -0.4 is 0 Å². The Morgan fingerprint density at radius 3 is 2.88 bits per heavy atom. The topological polar surface area (TPSA) is 0 Å². The molecule has 0 aromatic rings. The minimum absolute atomic E-state index is 0.742. The molecule has 0 bridgehead atoms. The summed E-state index contributed by atoms with van der Waals surface area (Å²) in [4.78, 5) is 0. The van der Waals surface area contributed by atoms with Crippen molar-refractivity contribution in [3.8, 4) is 0 Å². The molecule has 0 spiro atoms. The van der Waals surface area contributed by atoms with Gasteiger partial charge in [0.1, 0.15) is 0 Å². The van der Waals surface area contributed by atoms with Gasteiger partial charge in [-0.3, -0.25) is 0 Å².